The number of aryl methyl sites for hydroxylation is 1. The molecule has 0 radical (unpaired) electrons. The van der Waals surface area contributed by atoms with Crippen molar-refractivity contribution in [2.45, 2.75) is 19.3 Å². The van der Waals surface area contributed by atoms with Gasteiger partial charge in [-0.1, -0.05) is 17.7 Å². The van der Waals surface area contributed by atoms with Crippen LogP contribution in [0.15, 0.2) is 61.2 Å². The van der Waals surface area contributed by atoms with Crippen LogP contribution in [-0.4, -0.2) is 27.8 Å². The zero-order valence-corrected chi connectivity index (χ0v) is 17.8. The molecule has 1 aliphatic rings. The molecule has 0 saturated carbocycles. The first kappa shape index (κ1) is 19.5. The molecule has 0 amide bonds. The van der Waals surface area contributed by atoms with Crippen LogP contribution in [0.1, 0.15) is 45.6 Å². The predicted octanol–water partition coefficient (Wildman–Crippen LogP) is 5.50. The number of rotatable bonds is 4. The molecule has 5 rings (SSSR count). The highest BCUT2D eigenvalue weighted by Crippen LogP contribution is 2.42. The molecule has 0 spiro atoms. The van der Waals surface area contributed by atoms with E-state index in [0.717, 1.165) is 59.2 Å². The number of imidazole rings is 1. The number of aldehydes is 1. The van der Waals surface area contributed by atoms with Crippen molar-refractivity contribution in [3.8, 4) is 5.75 Å². The monoisotopic (exact) mass is 429 g/mol. The van der Waals surface area contributed by atoms with Gasteiger partial charge in [0.25, 0.3) is 0 Å². The summed E-state index contributed by atoms with van der Waals surface area (Å²) in [6, 6.07) is 12.3. The zero-order chi connectivity index (χ0) is 21.4. The highest BCUT2D eigenvalue weighted by atomic mass is 35.5. The molecule has 0 saturated heterocycles. The largest absolute Gasteiger partial charge is 0.497 e. The lowest BCUT2D eigenvalue weighted by Gasteiger charge is -2.18. The van der Waals surface area contributed by atoms with E-state index in [-0.39, 0.29) is 0 Å². The molecule has 0 atom stereocenters. The van der Waals surface area contributed by atoms with Crippen molar-refractivity contribution in [1.82, 2.24) is 14.4 Å². The Morgan fingerprint density at radius 2 is 2.03 bits per heavy atom. The SMILES string of the molecule is COc1ccc2c(c1)CCCC(c1ccncc1Cl)=C2c1ccn2cc(C=O)nc2c1. The third kappa shape index (κ3) is 3.51. The van der Waals surface area contributed by atoms with E-state index in [4.69, 9.17) is 16.3 Å². The lowest BCUT2D eigenvalue weighted by molar-refractivity contribution is 0.111. The standard InChI is InChI=1S/C25H20ClN3O2/c1-31-19-5-6-20-16(11-19)3-2-4-22(21-7-9-27-13-23(21)26)25(20)17-8-10-29-14-18(15-30)28-24(29)12-17/h5-15H,2-4H2,1H3. The second-order valence-electron chi connectivity index (χ2n) is 7.55. The molecule has 4 aromatic rings. The molecule has 1 aromatic carbocycles. The van der Waals surface area contributed by atoms with Crippen LogP contribution in [0.25, 0.3) is 16.8 Å². The second-order valence-corrected chi connectivity index (χ2v) is 7.96. The Labute approximate surface area is 185 Å². The number of ether oxygens (including phenoxy) is 1. The van der Waals surface area contributed by atoms with Crippen LogP contribution < -0.4 is 4.74 Å². The van der Waals surface area contributed by atoms with Gasteiger partial charge in [0.2, 0.25) is 0 Å². The smallest absolute Gasteiger partial charge is 0.170 e. The normalized spacial score (nSPS) is 13.7. The number of benzene rings is 1. The van der Waals surface area contributed by atoms with Gasteiger partial charge in [-0.25, -0.2) is 4.98 Å². The van der Waals surface area contributed by atoms with E-state index in [1.54, 1.807) is 25.7 Å². The number of nitrogens with zero attached hydrogens (tertiary/aromatic N) is 3. The Morgan fingerprint density at radius 3 is 2.84 bits per heavy atom. The molecule has 0 N–H and O–H groups in total. The molecule has 31 heavy (non-hydrogen) atoms. The van der Waals surface area contributed by atoms with Gasteiger partial charge < -0.3 is 9.14 Å². The van der Waals surface area contributed by atoms with Gasteiger partial charge in [0.15, 0.2) is 6.29 Å². The number of methoxy groups -OCH3 is 1. The summed E-state index contributed by atoms with van der Waals surface area (Å²) in [6.45, 7) is 0. The van der Waals surface area contributed by atoms with E-state index < -0.39 is 0 Å². The number of pyridine rings is 2. The number of hydrogen-bond donors (Lipinski definition) is 0. The fourth-order valence-electron chi connectivity index (χ4n) is 4.32. The van der Waals surface area contributed by atoms with Crippen molar-refractivity contribution in [2.75, 3.05) is 7.11 Å². The first-order chi connectivity index (χ1) is 15.2. The maximum absolute atomic E-state index is 11.2. The first-order valence-corrected chi connectivity index (χ1v) is 10.5. The average Bonchev–Trinajstić information content (AvgIpc) is 3.12. The van der Waals surface area contributed by atoms with Gasteiger partial charge in [0.05, 0.1) is 12.1 Å². The van der Waals surface area contributed by atoms with E-state index in [1.165, 1.54) is 11.1 Å². The minimum absolute atomic E-state index is 0.412. The summed E-state index contributed by atoms with van der Waals surface area (Å²) in [5, 5.41) is 0.636. The lowest BCUT2D eigenvalue weighted by Crippen LogP contribution is -1.98. The molecule has 0 bridgehead atoms. The topological polar surface area (TPSA) is 56.5 Å². The van der Waals surface area contributed by atoms with Crippen LogP contribution in [0.2, 0.25) is 5.02 Å². The van der Waals surface area contributed by atoms with Gasteiger partial charge in [-0.3, -0.25) is 9.78 Å². The number of allylic oxidation sites excluding steroid dienone is 1. The van der Waals surface area contributed by atoms with Gasteiger partial charge in [0.1, 0.15) is 17.1 Å². The number of hydrogen-bond acceptors (Lipinski definition) is 4. The summed E-state index contributed by atoms with van der Waals surface area (Å²) in [4.78, 5) is 19.8. The lowest BCUT2D eigenvalue weighted by atomic mass is 9.88. The molecular formula is C25H20ClN3O2. The summed E-state index contributed by atoms with van der Waals surface area (Å²) in [6.07, 6.45) is 10.7. The average molecular weight is 430 g/mol. The maximum Gasteiger partial charge on any atom is 0.170 e. The van der Waals surface area contributed by atoms with Crippen molar-refractivity contribution < 1.29 is 9.53 Å². The number of halogens is 1. The second kappa shape index (κ2) is 8.00. The van der Waals surface area contributed by atoms with Crippen molar-refractivity contribution in [1.29, 1.82) is 0 Å². The van der Waals surface area contributed by atoms with Crippen LogP contribution in [0.3, 0.4) is 0 Å². The van der Waals surface area contributed by atoms with E-state index in [1.807, 2.05) is 28.8 Å². The highest BCUT2D eigenvalue weighted by Gasteiger charge is 2.22. The minimum atomic E-state index is 0.412. The van der Waals surface area contributed by atoms with Crippen molar-refractivity contribution >= 4 is 34.7 Å². The summed E-state index contributed by atoms with van der Waals surface area (Å²) in [5.74, 6) is 0.850. The summed E-state index contributed by atoms with van der Waals surface area (Å²) in [5.41, 5.74) is 7.88. The summed E-state index contributed by atoms with van der Waals surface area (Å²) < 4.78 is 7.33. The van der Waals surface area contributed by atoms with Crippen LogP contribution in [0, 0.1) is 0 Å². The van der Waals surface area contributed by atoms with E-state index in [2.05, 4.69) is 28.2 Å². The Bertz CT molecular complexity index is 1340. The molecule has 154 valence electrons. The molecule has 0 aliphatic heterocycles. The van der Waals surface area contributed by atoms with E-state index >= 15 is 0 Å². The Kier molecular flexibility index (Phi) is 5.04. The molecule has 6 heteroatoms. The molecule has 1 aliphatic carbocycles. The minimum Gasteiger partial charge on any atom is -0.497 e. The first-order valence-electron chi connectivity index (χ1n) is 10.1. The predicted molar refractivity (Wildman–Crippen MR) is 122 cm³/mol. The Balaban J connectivity index is 1.81. The molecular weight excluding hydrogens is 410 g/mol. The molecule has 3 heterocycles. The number of fused-ring (bicyclic) bond motifs is 2. The van der Waals surface area contributed by atoms with Crippen molar-refractivity contribution in [3.05, 3.63) is 94.2 Å². The number of aromatic nitrogens is 3. The molecule has 5 nitrogen and oxygen atoms in total. The van der Waals surface area contributed by atoms with Gasteiger partial charge >= 0.3 is 0 Å². The summed E-state index contributed by atoms with van der Waals surface area (Å²) >= 11 is 6.58. The number of carbonyl (C=O) groups is 1. The quantitative estimate of drug-likeness (QED) is 0.402. The van der Waals surface area contributed by atoms with Crippen molar-refractivity contribution in [3.63, 3.8) is 0 Å². The van der Waals surface area contributed by atoms with E-state index in [0.29, 0.717) is 10.7 Å². The van der Waals surface area contributed by atoms with E-state index in [9.17, 15) is 4.79 Å². The maximum atomic E-state index is 11.2. The summed E-state index contributed by atoms with van der Waals surface area (Å²) in [7, 11) is 1.69. The third-order valence-corrected chi connectivity index (χ3v) is 6.04. The Morgan fingerprint density at radius 1 is 1.13 bits per heavy atom. The van der Waals surface area contributed by atoms with Gasteiger partial charge in [-0.15, -0.1) is 0 Å². The fraction of sp³-hybridized carbons (Fsp3) is 0.160. The van der Waals surface area contributed by atoms with Gasteiger partial charge in [-0.2, -0.15) is 0 Å². The van der Waals surface area contributed by atoms with Crippen molar-refractivity contribution in [2.24, 2.45) is 0 Å². The Hall–Kier alpha value is -3.44. The van der Waals surface area contributed by atoms with Crippen LogP contribution in [0.4, 0.5) is 0 Å². The highest BCUT2D eigenvalue weighted by molar-refractivity contribution is 6.32. The van der Waals surface area contributed by atoms with Crippen LogP contribution in [0.5, 0.6) is 5.75 Å². The number of carbonyl (C=O) groups excluding carboxylic acids is 1. The van der Waals surface area contributed by atoms with Gasteiger partial charge in [0, 0.05) is 24.8 Å². The fourth-order valence-corrected chi connectivity index (χ4v) is 4.56. The molecule has 0 unspecified atom stereocenters. The van der Waals surface area contributed by atoms with Gasteiger partial charge in [-0.05, 0) is 83.0 Å². The van der Waals surface area contributed by atoms with Crippen LogP contribution in [-0.2, 0) is 6.42 Å². The molecule has 0 fully saturated rings. The zero-order valence-electron chi connectivity index (χ0n) is 17.0. The third-order valence-electron chi connectivity index (χ3n) is 5.74. The molecule has 3 aromatic heterocycles. The van der Waals surface area contributed by atoms with Crippen LogP contribution >= 0.6 is 11.6 Å².